The topological polar surface area (TPSA) is 41.8 Å². The zero-order chi connectivity index (χ0) is 15.7. The SMILES string of the molecule is O=C(c1ccccc1)C1(c2ccccc2)N=Nc2ccccc21. The number of Topliss-reactive ketones (excluding diaryl/α,β-unsaturated/α-hetero) is 1. The van der Waals surface area contributed by atoms with Crippen molar-refractivity contribution in [3.05, 3.63) is 102 Å². The van der Waals surface area contributed by atoms with Crippen LogP contribution in [0.2, 0.25) is 0 Å². The summed E-state index contributed by atoms with van der Waals surface area (Å²) >= 11 is 0. The van der Waals surface area contributed by atoms with E-state index in [0.717, 1.165) is 16.8 Å². The van der Waals surface area contributed by atoms with E-state index in [1.165, 1.54) is 0 Å². The lowest BCUT2D eigenvalue weighted by atomic mass is 9.78. The number of hydrogen-bond donors (Lipinski definition) is 0. The summed E-state index contributed by atoms with van der Waals surface area (Å²) in [7, 11) is 0. The van der Waals surface area contributed by atoms with Crippen molar-refractivity contribution in [2.75, 3.05) is 0 Å². The van der Waals surface area contributed by atoms with Crippen LogP contribution in [0.5, 0.6) is 0 Å². The molecular formula is C20H14N2O. The van der Waals surface area contributed by atoms with Gasteiger partial charge in [0.05, 0.1) is 5.69 Å². The number of fused-ring (bicyclic) bond motifs is 1. The normalized spacial score (nSPS) is 18.6. The van der Waals surface area contributed by atoms with Crippen molar-refractivity contribution in [2.24, 2.45) is 10.2 Å². The van der Waals surface area contributed by atoms with E-state index in [9.17, 15) is 4.79 Å². The molecule has 0 amide bonds. The molecule has 1 heterocycles. The van der Waals surface area contributed by atoms with Crippen molar-refractivity contribution in [3.63, 3.8) is 0 Å². The van der Waals surface area contributed by atoms with Crippen LogP contribution in [0.3, 0.4) is 0 Å². The number of azo groups is 1. The average molecular weight is 298 g/mol. The third kappa shape index (κ3) is 2.01. The molecule has 110 valence electrons. The van der Waals surface area contributed by atoms with Crippen molar-refractivity contribution in [1.82, 2.24) is 0 Å². The standard InChI is InChI=1S/C20H14N2O/c23-19(15-9-3-1-4-10-15)20(16-11-5-2-6-12-16)17-13-7-8-14-18(17)21-22-20/h1-14H. The highest BCUT2D eigenvalue weighted by Gasteiger charge is 2.47. The van der Waals surface area contributed by atoms with E-state index in [4.69, 9.17) is 0 Å². The summed E-state index contributed by atoms with van der Waals surface area (Å²) in [4.78, 5) is 13.4. The highest BCUT2D eigenvalue weighted by atomic mass is 16.1. The van der Waals surface area contributed by atoms with E-state index in [1.54, 1.807) is 0 Å². The van der Waals surface area contributed by atoms with E-state index in [0.29, 0.717) is 5.56 Å². The molecule has 1 aliphatic rings. The van der Waals surface area contributed by atoms with Crippen LogP contribution in [0.4, 0.5) is 5.69 Å². The Morgan fingerprint density at radius 3 is 2.09 bits per heavy atom. The molecule has 0 fully saturated rings. The van der Waals surface area contributed by atoms with Crippen LogP contribution in [0.15, 0.2) is 95.2 Å². The van der Waals surface area contributed by atoms with Gasteiger partial charge in [-0.15, -0.1) is 0 Å². The van der Waals surface area contributed by atoms with Crippen LogP contribution in [0.1, 0.15) is 21.5 Å². The number of hydrogen-bond acceptors (Lipinski definition) is 3. The van der Waals surface area contributed by atoms with E-state index >= 15 is 0 Å². The van der Waals surface area contributed by atoms with Gasteiger partial charge in [-0.25, -0.2) is 0 Å². The highest BCUT2D eigenvalue weighted by Crippen LogP contribution is 2.46. The molecule has 0 saturated heterocycles. The van der Waals surface area contributed by atoms with Gasteiger partial charge in [0, 0.05) is 11.1 Å². The lowest BCUT2D eigenvalue weighted by Gasteiger charge is -2.25. The van der Waals surface area contributed by atoms with Crippen molar-refractivity contribution in [1.29, 1.82) is 0 Å². The van der Waals surface area contributed by atoms with E-state index in [2.05, 4.69) is 10.2 Å². The van der Waals surface area contributed by atoms with Crippen LogP contribution in [-0.2, 0) is 5.54 Å². The Labute approximate surface area is 134 Å². The second kappa shape index (κ2) is 5.29. The van der Waals surface area contributed by atoms with Gasteiger partial charge < -0.3 is 0 Å². The maximum Gasteiger partial charge on any atom is 0.201 e. The summed E-state index contributed by atoms with van der Waals surface area (Å²) in [6.07, 6.45) is 0. The van der Waals surface area contributed by atoms with Gasteiger partial charge in [0.1, 0.15) is 0 Å². The molecule has 0 radical (unpaired) electrons. The Bertz CT molecular complexity index is 888. The molecule has 3 aromatic rings. The van der Waals surface area contributed by atoms with Gasteiger partial charge in [-0.2, -0.15) is 10.2 Å². The van der Waals surface area contributed by atoms with Gasteiger partial charge in [0.15, 0.2) is 5.54 Å². The fourth-order valence-corrected chi connectivity index (χ4v) is 3.04. The molecule has 0 bridgehead atoms. The van der Waals surface area contributed by atoms with Gasteiger partial charge in [-0.05, 0) is 11.6 Å². The lowest BCUT2D eigenvalue weighted by molar-refractivity contribution is 0.0916. The monoisotopic (exact) mass is 298 g/mol. The van der Waals surface area contributed by atoms with Crippen LogP contribution < -0.4 is 0 Å². The molecule has 1 aliphatic heterocycles. The van der Waals surface area contributed by atoms with Crippen LogP contribution in [-0.4, -0.2) is 5.78 Å². The Morgan fingerprint density at radius 2 is 1.35 bits per heavy atom. The Kier molecular flexibility index (Phi) is 3.12. The molecule has 0 saturated carbocycles. The van der Waals surface area contributed by atoms with Crippen LogP contribution in [0.25, 0.3) is 0 Å². The molecule has 1 unspecified atom stereocenters. The van der Waals surface area contributed by atoms with Gasteiger partial charge in [0.2, 0.25) is 5.78 Å². The molecule has 3 aromatic carbocycles. The Hall–Kier alpha value is -3.07. The van der Waals surface area contributed by atoms with Gasteiger partial charge in [0.25, 0.3) is 0 Å². The van der Waals surface area contributed by atoms with E-state index < -0.39 is 5.54 Å². The fraction of sp³-hybridized carbons (Fsp3) is 0.0500. The number of benzene rings is 3. The molecule has 0 N–H and O–H groups in total. The molecule has 3 nitrogen and oxygen atoms in total. The summed E-state index contributed by atoms with van der Waals surface area (Å²) < 4.78 is 0. The number of rotatable bonds is 3. The zero-order valence-electron chi connectivity index (χ0n) is 12.4. The van der Waals surface area contributed by atoms with E-state index in [1.807, 2.05) is 84.9 Å². The third-order valence-corrected chi connectivity index (χ3v) is 4.16. The average Bonchev–Trinajstić information content (AvgIpc) is 3.03. The highest BCUT2D eigenvalue weighted by molar-refractivity contribution is 6.07. The van der Waals surface area contributed by atoms with Crippen molar-refractivity contribution >= 4 is 11.5 Å². The molecule has 4 rings (SSSR count). The summed E-state index contributed by atoms with van der Waals surface area (Å²) in [6, 6.07) is 26.6. The summed E-state index contributed by atoms with van der Waals surface area (Å²) in [5, 5.41) is 8.74. The predicted octanol–water partition coefficient (Wildman–Crippen LogP) is 4.91. The number of carbonyl (C=O) groups excluding carboxylic acids is 1. The largest absolute Gasteiger partial charge is 0.291 e. The minimum absolute atomic E-state index is 0.0574. The third-order valence-electron chi connectivity index (χ3n) is 4.16. The first-order chi connectivity index (χ1) is 11.3. The first-order valence-electron chi connectivity index (χ1n) is 7.50. The minimum atomic E-state index is -1.10. The van der Waals surface area contributed by atoms with Crippen molar-refractivity contribution < 1.29 is 4.79 Å². The van der Waals surface area contributed by atoms with Crippen LogP contribution in [0, 0.1) is 0 Å². The minimum Gasteiger partial charge on any atom is -0.291 e. The Balaban J connectivity index is 1.98. The molecule has 0 spiro atoms. The van der Waals surface area contributed by atoms with Gasteiger partial charge >= 0.3 is 0 Å². The molecule has 23 heavy (non-hydrogen) atoms. The summed E-state index contributed by atoms with van der Waals surface area (Å²) in [5.41, 5.74) is 1.95. The van der Waals surface area contributed by atoms with Crippen molar-refractivity contribution in [3.8, 4) is 0 Å². The smallest absolute Gasteiger partial charge is 0.201 e. The summed E-state index contributed by atoms with van der Waals surface area (Å²) in [6.45, 7) is 0. The lowest BCUT2D eigenvalue weighted by Crippen LogP contribution is -2.33. The van der Waals surface area contributed by atoms with Gasteiger partial charge in [-0.1, -0.05) is 78.9 Å². The van der Waals surface area contributed by atoms with Gasteiger partial charge in [-0.3, -0.25) is 4.79 Å². The first kappa shape index (κ1) is 13.6. The number of ketones is 1. The molecular weight excluding hydrogens is 284 g/mol. The predicted molar refractivity (Wildman–Crippen MR) is 89.0 cm³/mol. The maximum atomic E-state index is 13.4. The number of carbonyl (C=O) groups is 1. The zero-order valence-corrected chi connectivity index (χ0v) is 12.4. The molecule has 0 aromatic heterocycles. The second-order valence-electron chi connectivity index (χ2n) is 5.49. The quantitative estimate of drug-likeness (QED) is 0.633. The summed E-state index contributed by atoms with van der Waals surface area (Å²) in [5.74, 6) is -0.0574. The molecule has 1 atom stereocenters. The fourth-order valence-electron chi connectivity index (χ4n) is 3.04. The number of nitrogens with zero attached hydrogens (tertiary/aromatic N) is 2. The molecule has 0 aliphatic carbocycles. The van der Waals surface area contributed by atoms with Crippen molar-refractivity contribution in [2.45, 2.75) is 5.54 Å². The molecule has 3 heteroatoms. The second-order valence-corrected chi connectivity index (χ2v) is 5.49. The first-order valence-corrected chi connectivity index (χ1v) is 7.50. The maximum absolute atomic E-state index is 13.4. The van der Waals surface area contributed by atoms with E-state index in [-0.39, 0.29) is 5.78 Å². The van der Waals surface area contributed by atoms with Crippen LogP contribution >= 0.6 is 0 Å². The Morgan fingerprint density at radius 1 is 0.739 bits per heavy atom.